The van der Waals surface area contributed by atoms with E-state index in [0.717, 1.165) is 51.4 Å². The fourth-order valence-corrected chi connectivity index (χ4v) is 5.95. The van der Waals surface area contributed by atoms with E-state index < -0.39 is 44.7 Å². The minimum Gasteiger partial charge on any atom is -0.462 e. The van der Waals surface area contributed by atoms with Gasteiger partial charge in [-0.25, -0.2) is 4.57 Å². The Hall–Kier alpha value is -3.15. The molecule has 0 aliphatic rings. The smallest absolute Gasteiger partial charge is 0.462 e. The molecule has 1 unspecified atom stereocenters. The van der Waals surface area contributed by atoms with Gasteiger partial charge in [0.05, 0.1) is 40.0 Å². The van der Waals surface area contributed by atoms with Crippen molar-refractivity contribution in [1.29, 1.82) is 0 Å². The second-order valence-corrected chi connectivity index (χ2v) is 17.1. The summed E-state index contributed by atoms with van der Waals surface area (Å²) >= 11 is 0. The molecule has 0 spiro atoms. The third-order valence-electron chi connectivity index (χ3n) is 8.80. The van der Waals surface area contributed by atoms with Crippen molar-refractivity contribution in [2.75, 3.05) is 47.5 Å². The van der Waals surface area contributed by atoms with Crippen molar-refractivity contribution in [1.82, 2.24) is 0 Å². The van der Waals surface area contributed by atoms with E-state index in [2.05, 4.69) is 86.8 Å². The first-order chi connectivity index (χ1) is 28.8. The first kappa shape index (κ1) is 56.9. The molecule has 4 atom stereocenters. The maximum atomic E-state index is 12.7. The summed E-state index contributed by atoms with van der Waals surface area (Å²) in [5.41, 5.74) is 0. The number of allylic oxidation sites excluding steroid dienone is 15. The Morgan fingerprint density at radius 3 is 1.63 bits per heavy atom. The van der Waals surface area contributed by atoms with Crippen molar-refractivity contribution in [3.63, 3.8) is 0 Å². The number of hydrogen-bond acceptors (Lipinski definition) is 9. The van der Waals surface area contributed by atoms with E-state index in [9.17, 15) is 29.3 Å². The average Bonchev–Trinajstić information content (AvgIpc) is 3.19. The van der Waals surface area contributed by atoms with Gasteiger partial charge >= 0.3 is 19.8 Å². The molecule has 60 heavy (non-hydrogen) atoms. The van der Waals surface area contributed by atoms with Crippen LogP contribution in [-0.2, 0) is 32.7 Å². The largest absolute Gasteiger partial charge is 0.472 e. The lowest BCUT2D eigenvalue weighted by atomic mass is 10.0. The number of phosphoric ester groups is 1. The number of carbonyl (C=O) groups excluding carboxylic acids is 2. The minimum absolute atomic E-state index is 0.0351. The lowest BCUT2D eigenvalue weighted by Gasteiger charge is -2.24. The summed E-state index contributed by atoms with van der Waals surface area (Å²) in [7, 11) is 1.25. The zero-order valence-electron chi connectivity index (χ0n) is 37.6. The van der Waals surface area contributed by atoms with Crippen LogP contribution in [0.1, 0.15) is 129 Å². The summed E-state index contributed by atoms with van der Waals surface area (Å²) in [5, 5.41) is 20.8. The van der Waals surface area contributed by atoms with Crippen LogP contribution in [0.4, 0.5) is 0 Å². The molecule has 12 heteroatoms. The predicted octanol–water partition coefficient (Wildman–Crippen LogP) is 10.5. The monoisotopic (exact) mass is 863 g/mol. The number of unbranched alkanes of at least 4 members (excludes halogenated alkanes) is 4. The molecule has 0 saturated heterocycles. The van der Waals surface area contributed by atoms with Gasteiger partial charge in [-0.1, -0.05) is 124 Å². The molecule has 342 valence electrons. The van der Waals surface area contributed by atoms with Crippen LogP contribution >= 0.6 is 7.82 Å². The third kappa shape index (κ3) is 40.3. The maximum Gasteiger partial charge on any atom is 0.472 e. The van der Waals surface area contributed by atoms with Crippen LogP contribution in [0.5, 0.6) is 0 Å². The Bertz CT molecular complexity index is 1380. The number of carbonyl (C=O) groups is 2. The molecule has 0 aromatic heterocycles. The van der Waals surface area contributed by atoms with Gasteiger partial charge in [-0.05, 0) is 89.9 Å². The lowest BCUT2D eigenvalue weighted by molar-refractivity contribution is -0.870. The molecule has 0 saturated carbocycles. The molecule has 0 radical (unpaired) electrons. The molecular weight excluding hydrogens is 781 g/mol. The van der Waals surface area contributed by atoms with Crippen molar-refractivity contribution >= 4 is 19.8 Å². The van der Waals surface area contributed by atoms with Crippen LogP contribution in [0, 0.1) is 0 Å². The highest BCUT2D eigenvalue weighted by atomic mass is 31.2. The Balaban J connectivity index is 4.72. The van der Waals surface area contributed by atoms with Gasteiger partial charge in [-0.15, -0.1) is 0 Å². The quantitative estimate of drug-likeness (QED) is 0.0180. The standard InChI is InChI=1S/C48H80NO10P/c1-6-8-10-12-14-16-18-20-21-22-23-24-26-28-30-32-34-38-47(52)56-42-44(43-58-60(54,55)57-41-40-49(3,4)5)59-48(53)39-35-37-46(51)45(50)36-33-31-29-27-25-19-17-15-13-11-9-7-2/h9,11,14-17,20-21,23-25,27-28,30-31,33,44-46,50-51H,6-8,10,12-13,18-19,22,26,29,32,34-43H2,1-5H3/p+1/b11-9-,16-14-,17-15-,21-20-,24-23-,27-25-,30-28-,33-31-/t44-,45-,46-/m1/s1. The number of phosphoric acid groups is 1. The Morgan fingerprint density at radius 1 is 0.600 bits per heavy atom. The zero-order chi connectivity index (χ0) is 44.6. The van der Waals surface area contributed by atoms with Gasteiger partial charge < -0.3 is 29.1 Å². The Labute approximate surface area is 363 Å². The molecule has 0 aliphatic heterocycles. The van der Waals surface area contributed by atoms with E-state index >= 15 is 0 Å². The zero-order valence-corrected chi connectivity index (χ0v) is 38.5. The first-order valence-electron chi connectivity index (χ1n) is 22.1. The second kappa shape index (κ2) is 38.7. The van der Waals surface area contributed by atoms with Gasteiger partial charge in [0.1, 0.15) is 19.8 Å². The van der Waals surface area contributed by atoms with E-state index in [1.54, 1.807) is 0 Å². The molecule has 0 heterocycles. The number of hydrogen-bond donors (Lipinski definition) is 3. The van der Waals surface area contributed by atoms with Gasteiger partial charge in [-0.2, -0.15) is 0 Å². The number of nitrogens with zero attached hydrogens (tertiary/aromatic N) is 1. The normalized spacial score (nSPS) is 15.5. The van der Waals surface area contributed by atoms with Crippen LogP contribution < -0.4 is 0 Å². The van der Waals surface area contributed by atoms with E-state index in [-0.39, 0.29) is 45.3 Å². The summed E-state index contributed by atoms with van der Waals surface area (Å²) < 4.78 is 34.0. The highest BCUT2D eigenvalue weighted by Crippen LogP contribution is 2.43. The highest BCUT2D eigenvalue weighted by Gasteiger charge is 2.27. The highest BCUT2D eigenvalue weighted by molar-refractivity contribution is 7.47. The van der Waals surface area contributed by atoms with E-state index in [0.29, 0.717) is 23.9 Å². The summed E-state index contributed by atoms with van der Waals surface area (Å²) in [4.78, 5) is 35.4. The summed E-state index contributed by atoms with van der Waals surface area (Å²) in [6, 6.07) is 0. The maximum absolute atomic E-state index is 12.7. The topological polar surface area (TPSA) is 149 Å². The van der Waals surface area contributed by atoms with E-state index in [1.807, 2.05) is 45.4 Å². The van der Waals surface area contributed by atoms with Crippen molar-refractivity contribution in [3.8, 4) is 0 Å². The van der Waals surface area contributed by atoms with E-state index in [1.165, 1.54) is 19.3 Å². The van der Waals surface area contributed by atoms with Crippen LogP contribution in [0.25, 0.3) is 0 Å². The number of quaternary nitrogens is 1. The molecule has 0 aromatic rings. The number of ether oxygens (including phenoxy) is 2. The van der Waals surface area contributed by atoms with Gasteiger partial charge in [0, 0.05) is 12.8 Å². The fraction of sp³-hybridized carbons (Fsp3) is 0.625. The molecule has 0 aliphatic carbocycles. The summed E-state index contributed by atoms with van der Waals surface area (Å²) in [6.45, 7) is 3.84. The number of likely N-dealkylation sites (N-methyl/N-ethyl adjacent to an activating group) is 1. The van der Waals surface area contributed by atoms with Crippen molar-refractivity contribution in [2.45, 2.75) is 148 Å². The predicted molar refractivity (Wildman–Crippen MR) is 245 cm³/mol. The molecule has 11 nitrogen and oxygen atoms in total. The van der Waals surface area contributed by atoms with Crippen LogP contribution in [0.3, 0.4) is 0 Å². The van der Waals surface area contributed by atoms with Gasteiger partial charge in [0.15, 0.2) is 6.10 Å². The molecule has 0 bridgehead atoms. The Morgan fingerprint density at radius 2 is 1.10 bits per heavy atom. The van der Waals surface area contributed by atoms with Gasteiger partial charge in [0.2, 0.25) is 0 Å². The summed E-state index contributed by atoms with van der Waals surface area (Å²) in [6.07, 6.45) is 43.5. The van der Waals surface area contributed by atoms with Crippen molar-refractivity contribution in [3.05, 3.63) is 97.2 Å². The minimum atomic E-state index is -4.48. The fourth-order valence-electron chi connectivity index (χ4n) is 5.21. The lowest BCUT2D eigenvalue weighted by Crippen LogP contribution is -2.37. The first-order valence-corrected chi connectivity index (χ1v) is 23.6. The molecule has 0 rings (SSSR count). The Kier molecular flexibility index (Phi) is 36.7. The summed E-state index contributed by atoms with van der Waals surface area (Å²) in [5.74, 6) is -1.16. The van der Waals surface area contributed by atoms with Crippen LogP contribution in [-0.4, -0.2) is 97.3 Å². The van der Waals surface area contributed by atoms with Gasteiger partial charge in [-0.3, -0.25) is 18.6 Å². The number of esters is 2. The molecule has 0 fully saturated rings. The molecule has 3 N–H and O–H groups in total. The van der Waals surface area contributed by atoms with Gasteiger partial charge in [0.25, 0.3) is 0 Å². The van der Waals surface area contributed by atoms with E-state index in [4.69, 9.17) is 18.5 Å². The molecule has 0 amide bonds. The number of rotatable bonds is 38. The van der Waals surface area contributed by atoms with Crippen molar-refractivity contribution < 1.29 is 52.3 Å². The molecular formula is C48H81NO10P+. The van der Waals surface area contributed by atoms with Crippen LogP contribution in [0.2, 0.25) is 0 Å². The van der Waals surface area contributed by atoms with Crippen molar-refractivity contribution in [2.24, 2.45) is 0 Å². The third-order valence-corrected chi connectivity index (χ3v) is 9.78. The number of aliphatic hydroxyl groups is 2. The second-order valence-electron chi connectivity index (χ2n) is 15.7. The van der Waals surface area contributed by atoms with Crippen LogP contribution in [0.15, 0.2) is 97.2 Å². The number of aliphatic hydroxyl groups excluding tert-OH is 2. The average molecular weight is 863 g/mol. The SMILES string of the molecule is CC/C=C\C/C=C\C/C=C\C/C=C\C[C@@H](O)[C@H](O)CCCC(=O)O[C@H](COC(=O)CCC/C=C\C/C=C\C/C=C\C/C=C\CCCCC)COP(=O)(O)OCC[N+](C)(C)C. The molecule has 0 aromatic carbocycles.